The van der Waals surface area contributed by atoms with Crippen LogP contribution in [0, 0.1) is 0 Å². The van der Waals surface area contributed by atoms with Gasteiger partial charge < -0.3 is 14.2 Å². The summed E-state index contributed by atoms with van der Waals surface area (Å²) >= 11 is 5.76. The van der Waals surface area contributed by atoms with Gasteiger partial charge in [-0.25, -0.2) is 4.79 Å². The zero-order chi connectivity index (χ0) is 22.9. The molecule has 0 fully saturated rings. The maximum atomic E-state index is 11.7. The van der Waals surface area contributed by atoms with Crippen LogP contribution in [0.3, 0.4) is 0 Å². The minimum Gasteiger partial charge on any atom is -0.484 e. The number of benzene rings is 2. The fourth-order valence-electron chi connectivity index (χ4n) is 2.27. The first-order chi connectivity index (χ1) is 14.6. The Labute approximate surface area is 185 Å². The zero-order valence-corrected chi connectivity index (χ0v) is 18.3. The largest absolute Gasteiger partial charge is 0.484 e. The van der Waals surface area contributed by atoms with E-state index in [0.29, 0.717) is 16.5 Å². The Morgan fingerprint density at radius 2 is 1.26 bits per heavy atom. The molecule has 0 atom stereocenters. The first-order valence-corrected chi connectivity index (χ1v) is 9.86. The van der Waals surface area contributed by atoms with Gasteiger partial charge in [0.15, 0.2) is 19.8 Å². The fourth-order valence-corrected chi connectivity index (χ4v) is 2.40. The maximum absolute atomic E-state index is 11.7. The van der Waals surface area contributed by atoms with Crippen LogP contribution in [-0.4, -0.2) is 37.6 Å². The highest BCUT2D eigenvalue weighted by atomic mass is 35.5. The Balaban J connectivity index is 1.61. The number of carbonyl (C=O) groups excluding carboxylic acids is 3. The molecule has 2 aromatic rings. The normalized spacial score (nSPS) is 10.7. The molecule has 8 nitrogen and oxygen atoms in total. The molecule has 0 aliphatic carbocycles. The van der Waals surface area contributed by atoms with E-state index >= 15 is 0 Å². The van der Waals surface area contributed by atoms with Gasteiger partial charge in [0.05, 0.1) is 0 Å². The molecule has 2 N–H and O–H groups in total. The average Bonchev–Trinajstić information content (AvgIpc) is 2.74. The van der Waals surface area contributed by atoms with Crippen molar-refractivity contribution in [2.24, 2.45) is 0 Å². The summed E-state index contributed by atoms with van der Waals surface area (Å²) in [7, 11) is 0. The monoisotopic (exact) mass is 448 g/mol. The molecule has 31 heavy (non-hydrogen) atoms. The van der Waals surface area contributed by atoms with E-state index < -0.39 is 24.4 Å². The van der Waals surface area contributed by atoms with E-state index in [1.54, 1.807) is 36.4 Å². The highest BCUT2D eigenvalue weighted by Crippen LogP contribution is 2.24. The molecule has 0 aliphatic heterocycles. The quantitative estimate of drug-likeness (QED) is 0.475. The summed E-state index contributed by atoms with van der Waals surface area (Å²) in [5, 5.41) is 0.544. The third-order valence-electron chi connectivity index (χ3n) is 3.97. The molecule has 2 aromatic carbocycles. The van der Waals surface area contributed by atoms with Crippen LogP contribution in [-0.2, 0) is 24.5 Å². The van der Waals surface area contributed by atoms with Crippen LogP contribution in [0.15, 0.2) is 48.5 Å². The number of amides is 2. The van der Waals surface area contributed by atoms with Gasteiger partial charge in [0, 0.05) is 5.02 Å². The van der Waals surface area contributed by atoms with Crippen molar-refractivity contribution < 1.29 is 28.6 Å². The lowest BCUT2D eigenvalue weighted by Gasteiger charge is -2.19. The van der Waals surface area contributed by atoms with Gasteiger partial charge >= 0.3 is 5.97 Å². The molecule has 0 heterocycles. The minimum atomic E-state index is -0.715. The van der Waals surface area contributed by atoms with E-state index in [9.17, 15) is 14.4 Å². The Kier molecular flexibility index (Phi) is 8.69. The summed E-state index contributed by atoms with van der Waals surface area (Å²) in [4.78, 5) is 35.1. The van der Waals surface area contributed by atoms with Crippen molar-refractivity contribution in [2.75, 3.05) is 19.8 Å². The summed E-state index contributed by atoms with van der Waals surface area (Å²) in [6.07, 6.45) is 0. The summed E-state index contributed by atoms with van der Waals surface area (Å²) in [5.74, 6) is -1.04. The standard InChI is InChI=1S/C22H25ClN2O6/c1-22(2,3)15-4-8-17(9-5-15)30-14-21(28)31-13-20(27)25-24-19(26)12-29-18-10-6-16(23)7-11-18/h4-11H,12-14H2,1-3H3,(H,24,26)(H,25,27). The number of carbonyl (C=O) groups is 3. The van der Waals surface area contributed by atoms with E-state index in [1.165, 1.54) is 0 Å². The van der Waals surface area contributed by atoms with Gasteiger partial charge in [0.1, 0.15) is 11.5 Å². The molecule has 2 rings (SSSR count). The van der Waals surface area contributed by atoms with Gasteiger partial charge in [-0.05, 0) is 47.4 Å². The average molecular weight is 449 g/mol. The molecule has 0 unspecified atom stereocenters. The Bertz CT molecular complexity index is 892. The number of hydrogen-bond donors (Lipinski definition) is 2. The summed E-state index contributed by atoms with van der Waals surface area (Å²) in [6.45, 7) is 5.07. The van der Waals surface area contributed by atoms with Gasteiger partial charge in [0.25, 0.3) is 11.8 Å². The second-order valence-electron chi connectivity index (χ2n) is 7.56. The second-order valence-corrected chi connectivity index (χ2v) is 8.00. The molecule has 0 saturated heterocycles. The summed E-state index contributed by atoms with van der Waals surface area (Å²) in [5.41, 5.74) is 5.43. The second kappa shape index (κ2) is 11.2. The smallest absolute Gasteiger partial charge is 0.344 e. The van der Waals surface area contributed by atoms with E-state index in [0.717, 1.165) is 5.56 Å². The topological polar surface area (TPSA) is 103 Å². The van der Waals surface area contributed by atoms with Crippen LogP contribution in [0.2, 0.25) is 5.02 Å². The minimum absolute atomic E-state index is 0.0161. The molecule has 2 amide bonds. The number of ether oxygens (including phenoxy) is 3. The van der Waals surface area contributed by atoms with Gasteiger partial charge in [-0.2, -0.15) is 0 Å². The molecule has 9 heteroatoms. The van der Waals surface area contributed by atoms with Gasteiger partial charge in [-0.3, -0.25) is 20.4 Å². The number of hydrogen-bond acceptors (Lipinski definition) is 6. The highest BCUT2D eigenvalue weighted by Gasteiger charge is 2.14. The van der Waals surface area contributed by atoms with Crippen LogP contribution in [0.25, 0.3) is 0 Å². The molecule has 0 radical (unpaired) electrons. The van der Waals surface area contributed by atoms with Crippen molar-refractivity contribution in [1.29, 1.82) is 0 Å². The highest BCUT2D eigenvalue weighted by molar-refractivity contribution is 6.30. The molecule has 0 aliphatic rings. The van der Waals surface area contributed by atoms with E-state index in [4.69, 9.17) is 25.8 Å². The number of nitrogens with one attached hydrogen (secondary N) is 2. The van der Waals surface area contributed by atoms with Crippen LogP contribution in [0.4, 0.5) is 0 Å². The number of rotatable bonds is 8. The SMILES string of the molecule is CC(C)(C)c1ccc(OCC(=O)OCC(=O)NNC(=O)COc2ccc(Cl)cc2)cc1. The molecule has 0 bridgehead atoms. The van der Waals surface area contributed by atoms with Crippen LogP contribution in [0.5, 0.6) is 11.5 Å². The third kappa shape index (κ3) is 8.96. The first kappa shape index (κ1) is 24.0. The third-order valence-corrected chi connectivity index (χ3v) is 4.22. The van der Waals surface area contributed by atoms with Crippen molar-refractivity contribution in [2.45, 2.75) is 26.2 Å². The molecular weight excluding hydrogens is 424 g/mol. The molecule has 0 spiro atoms. The van der Waals surface area contributed by atoms with E-state index in [1.807, 2.05) is 12.1 Å². The maximum Gasteiger partial charge on any atom is 0.344 e. The van der Waals surface area contributed by atoms with E-state index in [2.05, 4.69) is 31.6 Å². The van der Waals surface area contributed by atoms with Crippen molar-refractivity contribution in [3.63, 3.8) is 0 Å². The molecular formula is C22H25ClN2O6. The predicted molar refractivity (Wildman–Crippen MR) is 115 cm³/mol. The number of halogens is 1. The van der Waals surface area contributed by atoms with Crippen molar-refractivity contribution >= 4 is 29.4 Å². The van der Waals surface area contributed by atoms with Gasteiger partial charge in [0.2, 0.25) is 0 Å². The molecule has 0 aromatic heterocycles. The molecule has 166 valence electrons. The number of hydrazine groups is 1. The zero-order valence-electron chi connectivity index (χ0n) is 17.6. The lowest BCUT2D eigenvalue weighted by molar-refractivity contribution is -0.150. The van der Waals surface area contributed by atoms with Gasteiger partial charge in [-0.1, -0.05) is 44.5 Å². The Hall–Kier alpha value is -3.26. The predicted octanol–water partition coefficient (Wildman–Crippen LogP) is 2.79. The summed E-state index contributed by atoms with van der Waals surface area (Å²) < 4.78 is 15.4. The number of esters is 1. The molecule has 0 saturated carbocycles. The summed E-state index contributed by atoms with van der Waals surface area (Å²) in [6, 6.07) is 13.8. The van der Waals surface area contributed by atoms with Crippen LogP contribution >= 0.6 is 11.6 Å². The van der Waals surface area contributed by atoms with E-state index in [-0.39, 0.29) is 18.6 Å². The lowest BCUT2D eigenvalue weighted by Crippen LogP contribution is -2.45. The van der Waals surface area contributed by atoms with Crippen LogP contribution < -0.4 is 20.3 Å². The fraction of sp³-hybridized carbons (Fsp3) is 0.318. The Morgan fingerprint density at radius 1 is 0.774 bits per heavy atom. The Morgan fingerprint density at radius 3 is 1.81 bits per heavy atom. The lowest BCUT2D eigenvalue weighted by atomic mass is 9.87. The van der Waals surface area contributed by atoms with Crippen molar-refractivity contribution in [3.8, 4) is 11.5 Å². The van der Waals surface area contributed by atoms with Crippen molar-refractivity contribution in [3.05, 3.63) is 59.1 Å². The van der Waals surface area contributed by atoms with Gasteiger partial charge in [-0.15, -0.1) is 0 Å². The van der Waals surface area contributed by atoms with Crippen molar-refractivity contribution in [1.82, 2.24) is 10.9 Å². The first-order valence-electron chi connectivity index (χ1n) is 9.48. The van der Waals surface area contributed by atoms with Crippen LogP contribution in [0.1, 0.15) is 26.3 Å².